The molecule has 4 heteroatoms. The van der Waals surface area contributed by atoms with E-state index < -0.39 is 6.29 Å². The molecule has 0 aliphatic heterocycles. The van der Waals surface area contributed by atoms with Crippen molar-refractivity contribution in [2.24, 2.45) is 0 Å². The van der Waals surface area contributed by atoms with Crippen molar-refractivity contribution >= 4 is 5.97 Å². The minimum atomic E-state index is -0.920. The predicted molar refractivity (Wildman–Crippen MR) is 54.8 cm³/mol. The Kier molecular flexibility index (Phi) is 8.57. The van der Waals surface area contributed by atoms with Crippen molar-refractivity contribution in [3.8, 4) is 0 Å². The number of ether oxygens (including phenoxy) is 1. The molecular weight excluding hydrogens is 182 g/mol. The largest absolute Gasteiger partial charge is 0.436 e. The van der Waals surface area contributed by atoms with E-state index in [1.165, 1.54) is 0 Å². The van der Waals surface area contributed by atoms with Gasteiger partial charge in [-0.3, -0.25) is 4.79 Å². The lowest BCUT2D eigenvalue weighted by Crippen LogP contribution is -2.17. The summed E-state index contributed by atoms with van der Waals surface area (Å²) in [6, 6.07) is 0. The summed E-state index contributed by atoms with van der Waals surface area (Å²) in [6.45, 7) is 2.84. The zero-order valence-corrected chi connectivity index (χ0v) is 9.08. The smallest absolute Gasteiger partial charge is 0.308 e. The van der Waals surface area contributed by atoms with Crippen molar-refractivity contribution in [2.75, 3.05) is 13.6 Å². The maximum Gasteiger partial charge on any atom is 0.308 e. The topological polar surface area (TPSA) is 58.6 Å². The highest BCUT2D eigenvalue weighted by Gasteiger charge is 2.08. The van der Waals surface area contributed by atoms with Crippen molar-refractivity contribution in [3.05, 3.63) is 0 Å². The molecule has 1 atom stereocenters. The second-order valence-electron chi connectivity index (χ2n) is 3.29. The number of aliphatic hydroxyl groups excluding tert-OH is 1. The first-order valence-corrected chi connectivity index (χ1v) is 5.22. The molecule has 0 aliphatic rings. The van der Waals surface area contributed by atoms with E-state index in [2.05, 4.69) is 5.32 Å². The number of rotatable bonds is 8. The molecule has 0 spiro atoms. The lowest BCUT2D eigenvalue weighted by atomic mass is 10.2. The van der Waals surface area contributed by atoms with Crippen molar-refractivity contribution in [2.45, 2.75) is 45.3 Å². The summed E-state index contributed by atoms with van der Waals surface area (Å²) in [6.07, 6.45) is 2.56. The van der Waals surface area contributed by atoms with Crippen LogP contribution in [0.25, 0.3) is 0 Å². The summed E-state index contributed by atoms with van der Waals surface area (Å²) in [5.74, 6) is -0.304. The second kappa shape index (κ2) is 8.97. The van der Waals surface area contributed by atoms with Gasteiger partial charge in [-0.25, -0.2) is 0 Å². The Bertz CT molecular complexity index is 150. The van der Waals surface area contributed by atoms with Gasteiger partial charge in [-0.2, -0.15) is 0 Å². The number of carbonyl (C=O) groups is 1. The maximum absolute atomic E-state index is 11.1. The third-order valence-corrected chi connectivity index (χ3v) is 1.86. The fourth-order valence-corrected chi connectivity index (χ4v) is 1.09. The highest BCUT2D eigenvalue weighted by Crippen LogP contribution is 2.02. The average Bonchev–Trinajstić information content (AvgIpc) is 2.13. The molecule has 0 amide bonds. The van der Waals surface area contributed by atoms with Gasteiger partial charge in [-0.05, 0) is 26.4 Å². The van der Waals surface area contributed by atoms with Crippen molar-refractivity contribution in [1.82, 2.24) is 5.32 Å². The molecule has 0 rings (SSSR count). The van der Waals surface area contributed by atoms with Crippen LogP contribution in [-0.2, 0) is 9.53 Å². The minimum absolute atomic E-state index is 0.304. The van der Waals surface area contributed by atoms with Gasteiger partial charge in [-0.1, -0.05) is 13.3 Å². The Morgan fingerprint density at radius 1 is 1.50 bits per heavy atom. The Balaban J connectivity index is 3.35. The summed E-state index contributed by atoms with van der Waals surface area (Å²) in [4.78, 5) is 11.1. The van der Waals surface area contributed by atoms with Crippen LogP contribution in [0.5, 0.6) is 0 Å². The highest BCUT2D eigenvalue weighted by molar-refractivity contribution is 5.69. The van der Waals surface area contributed by atoms with Gasteiger partial charge in [0.1, 0.15) is 0 Å². The molecule has 0 aromatic heterocycles. The third kappa shape index (κ3) is 8.01. The molecule has 0 aliphatic carbocycles. The molecule has 0 aromatic rings. The zero-order chi connectivity index (χ0) is 10.8. The van der Waals surface area contributed by atoms with Gasteiger partial charge in [0, 0.05) is 12.8 Å². The quantitative estimate of drug-likeness (QED) is 0.351. The summed E-state index contributed by atoms with van der Waals surface area (Å²) in [5.41, 5.74) is 0. The Labute approximate surface area is 85.6 Å². The molecular formula is C10H21NO3. The summed E-state index contributed by atoms with van der Waals surface area (Å²) in [5, 5.41) is 12.2. The van der Waals surface area contributed by atoms with Gasteiger partial charge in [0.25, 0.3) is 0 Å². The molecule has 0 bridgehead atoms. The number of carbonyl (C=O) groups excluding carboxylic acids is 1. The minimum Gasteiger partial charge on any atom is -0.436 e. The average molecular weight is 203 g/mol. The molecule has 0 radical (unpaired) electrons. The van der Waals surface area contributed by atoms with Crippen LogP contribution in [0.2, 0.25) is 0 Å². The van der Waals surface area contributed by atoms with Crippen molar-refractivity contribution < 1.29 is 14.6 Å². The van der Waals surface area contributed by atoms with E-state index in [9.17, 15) is 4.79 Å². The normalized spacial score (nSPS) is 12.5. The van der Waals surface area contributed by atoms with Gasteiger partial charge in [-0.15, -0.1) is 0 Å². The number of hydrogen-bond donors (Lipinski definition) is 2. The summed E-state index contributed by atoms with van der Waals surface area (Å²) < 4.78 is 4.77. The Hall–Kier alpha value is -0.610. The molecule has 0 saturated heterocycles. The SMILES string of the molecule is CCCC(O)OC(=O)CCCCNC. The van der Waals surface area contributed by atoms with Crippen LogP contribution in [0, 0.1) is 0 Å². The fourth-order valence-electron chi connectivity index (χ4n) is 1.09. The molecule has 1 unspecified atom stereocenters. The molecule has 0 aromatic carbocycles. The molecule has 4 nitrogen and oxygen atoms in total. The predicted octanol–water partition coefficient (Wildman–Crippen LogP) is 1.04. The van der Waals surface area contributed by atoms with Crippen LogP contribution in [0.4, 0.5) is 0 Å². The molecule has 84 valence electrons. The van der Waals surface area contributed by atoms with Crippen LogP contribution >= 0.6 is 0 Å². The first kappa shape index (κ1) is 13.4. The standard InChI is InChI=1S/C10H21NO3/c1-3-6-9(12)14-10(13)7-4-5-8-11-2/h9,11-12H,3-8H2,1-2H3. The zero-order valence-electron chi connectivity index (χ0n) is 9.08. The lowest BCUT2D eigenvalue weighted by Gasteiger charge is -2.10. The van der Waals surface area contributed by atoms with E-state index in [1.54, 1.807) is 0 Å². The Morgan fingerprint density at radius 3 is 2.79 bits per heavy atom. The van der Waals surface area contributed by atoms with Crippen LogP contribution in [0.3, 0.4) is 0 Å². The number of esters is 1. The molecule has 14 heavy (non-hydrogen) atoms. The molecule has 0 fully saturated rings. The molecule has 0 saturated carbocycles. The van der Waals surface area contributed by atoms with Crippen LogP contribution < -0.4 is 5.32 Å². The molecule has 0 heterocycles. The van der Waals surface area contributed by atoms with E-state index in [4.69, 9.17) is 9.84 Å². The first-order chi connectivity index (χ1) is 6.70. The third-order valence-electron chi connectivity index (χ3n) is 1.86. The van der Waals surface area contributed by atoms with E-state index in [0.717, 1.165) is 25.8 Å². The molecule has 2 N–H and O–H groups in total. The van der Waals surface area contributed by atoms with Crippen LogP contribution in [0.15, 0.2) is 0 Å². The van der Waals surface area contributed by atoms with Gasteiger partial charge in [0.05, 0.1) is 0 Å². The van der Waals surface area contributed by atoms with E-state index in [0.29, 0.717) is 12.8 Å². The summed E-state index contributed by atoms with van der Waals surface area (Å²) in [7, 11) is 1.88. The van der Waals surface area contributed by atoms with Gasteiger partial charge < -0.3 is 15.2 Å². The lowest BCUT2D eigenvalue weighted by molar-refractivity contribution is -0.168. The van der Waals surface area contributed by atoms with Crippen LogP contribution in [-0.4, -0.2) is 31.0 Å². The van der Waals surface area contributed by atoms with Crippen molar-refractivity contribution in [3.63, 3.8) is 0 Å². The number of hydrogen-bond acceptors (Lipinski definition) is 4. The summed E-state index contributed by atoms with van der Waals surface area (Å²) >= 11 is 0. The van der Waals surface area contributed by atoms with Gasteiger partial charge >= 0.3 is 5.97 Å². The van der Waals surface area contributed by atoms with Crippen molar-refractivity contribution in [1.29, 1.82) is 0 Å². The van der Waals surface area contributed by atoms with Crippen LogP contribution in [0.1, 0.15) is 39.0 Å². The maximum atomic E-state index is 11.1. The number of aliphatic hydroxyl groups is 1. The van der Waals surface area contributed by atoms with Gasteiger partial charge in [0.15, 0.2) is 0 Å². The van der Waals surface area contributed by atoms with Gasteiger partial charge in [0.2, 0.25) is 6.29 Å². The fraction of sp³-hybridized carbons (Fsp3) is 0.900. The monoisotopic (exact) mass is 203 g/mol. The first-order valence-electron chi connectivity index (χ1n) is 5.22. The van der Waals surface area contributed by atoms with E-state index in [1.807, 2.05) is 14.0 Å². The number of nitrogens with one attached hydrogen (secondary N) is 1. The second-order valence-corrected chi connectivity index (χ2v) is 3.29. The Morgan fingerprint density at radius 2 is 2.21 bits per heavy atom. The van der Waals surface area contributed by atoms with E-state index in [-0.39, 0.29) is 5.97 Å². The van der Waals surface area contributed by atoms with E-state index >= 15 is 0 Å². The number of unbranched alkanes of at least 4 members (excludes halogenated alkanes) is 1. The highest BCUT2D eigenvalue weighted by atomic mass is 16.6.